The monoisotopic (exact) mass is 572 g/mol. The molecule has 2 aliphatic heterocycles. The van der Waals surface area contributed by atoms with Gasteiger partial charge in [0.05, 0.1) is 38.6 Å². The highest BCUT2D eigenvalue weighted by molar-refractivity contribution is 5.90. The highest BCUT2D eigenvalue weighted by atomic mass is 16.8. The molecule has 13 heteroatoms. The molecule has 13 nitrogen and oxygen atoms in total. The van der Waals surface area contributed by atoms with E-state index in [4.69, 9.17) is 28.8 Å². The maximum Gasteiger partial charge on any atom is 0.337 e. The summed E-state index contributed by atoms with van der Waals surface area (Å²) >= 11 is 0. The molecule has 0 bridgehead atoms. The Morgan fingerprint density at radius 2 is 1.82 bits per heavy atom. The molecule has 2 rings (SSSR count). The maximum absolute atomic E-state index is 12.8. The van der Waals surface area contributed by atoms with E-state index in [0.717, 1.165) is 12.7 Å². The number of hydrogen-bond donors (Lipinski definition) is 5. The summed E-state index contributed by atoms with van der Waals surface area (Å²) in [5.41, 5.74) is 0.638. The topological polar surface area (TPSA) is 199 Å². The van der Waals surface area contributed by atoms with Gasteiger partial charge in [0, 0.05) is 17.1 Å². The van der Waals surface area contributed by atoms with Crippen LogP contribution >= 0.6 is 0 Å². The van der Waals surface area contributed by atoms with E-state index in [1.807, 2.05) is 6.92 Å². The Hall–Kier alpha value is -2.81. The normalized spacial score (nSPS) is 30.7. The Morgan fingerprint density at radius 1 is 1.12 bits per heavy atom. The van der Waals surface area contributed by atoms with Gasteiger partial charge < -0.3 is 49.2 Å². The Kier molecular flexibility index (Phi) is 13.2. The SMILES string of the molecule is C/C=C1\[C@H](O[C@@H]2O[C@H](CO)[C@@H](O)[C@H](O)[C@H]2O)OC=C(C(=O)OC)[C@H]1CC(=O)OCCC(C)CC/C=C(\C)C(=O)O. The van der Waals surface area contributed by atoms with Gasteiger partial charge in [-0.15, -0.1) is 0 Å². The summed E-state index contributed by atoms with van der Waals surface area (Å²) in [4.78, 5) is 36.1. The fraction of sp³-hybridized carbons (Fsp3) is 0.667. The number of carboxylic acids is 1. The van der Waals surface area contributed by atoms with Crippen LogP contribution in [-0.2, 0) is 38.1 Å². The number of carboxylic acid groups (broad SMARTS) is 1. The lowest BCUT2D eigenvalue weighted by Crippen LogP contribution is -2.60. The summed E-state index contributed by atoms with van der Waals surface area (Å²) in [7, 11) is 1.18. The van der Waals surface area contributed by atoms with Gasteiger partial charge in [0.15, 0.2) is 6.29 Å². The average Bonchev–Trinajstić information content (AvgIpc) is 2.92. The van der Waals surface area contributed by atoms with Gasteiger partial charge in [0.2, 0.25) is 6.29 Å². The van der Waals surface area contributed by atoms with Crippen LogP contribution < -0.4 is 0 Å². The first-order valence-electron chi connectivity index (χ1n) is 13.1. The van der Waals surface area contributed by atoms with E-state index < -0.39 is 67.4 Å². The minimum atomic E-state index is -1.68. The zero-order valence-electron chi connectivity index (χ0n) is 23.1. The third-order valence-electron chi connectivity index (χ3n) is 6.92. The van der Waals surface area contributed by atoms with Crippen LogP contribution in [0.1, 0.15) is 46.5 Å². The van der Waals surface area contributed by atoms with Gasteiger partial charge in [-0.1, -0.05) is 19.1 Å². The lowest BCUT2D eigenvalue weighted by molar-refractivity contribution is -0.327. The van der Waals surface area contributed by atoms with E-state index in [2.05, 4.69) is 0 Å². The van der Waals surface area contributed by atoms with Crippen molar-refractivity contribution in [1.82, 2.24) is 0 Å². The summed E-state index contributed by atoms with van der Waals surface area (Å²) in [5, 5.41) is 48.8. The predicted molar refractivity (Wildman–Crippen MR) is 137 cm³/mol. The van der Waals surface area contributed by atoms with E-state index in [-0.39, 0.29) is 30.1 Å². The molecule has 0 aliphatic carbocycles. The molecule has 0 spiro atoms. The third-order valence-corrected chi connectivity index (χ3v) is 6.92. The molecule has 1 fully saturated rings. The second-order valence-corrected chi connectivity index (χ2v) is 9.80. The molecule has 40 heavy (non-hydrogen) atoms. The fourth-order valence-corrected chi connectivity index (χ4v) is 4.34. The molecule has 1 saturated heterocycles. The average molecular weight is 573 g/mol. The summed E-state index contributed by atoms with van der Waals surface area (Å²) < 4.78 is 26.9. The molecule has 2 aliphatic rings. The lowest BCUT2D eigenvalue weighted by atomic mass is 9.86. The summed E-state index contributed by atoms with van der Waals surface area (Å²) in [6, 6.07) is 0. The van der Waals surface area contributed by atoms with Crippen molar-refractivity contribution in [3.63, 3.8) is 0 Å². The Labute approximate surface area is 232 Å². The quantitative estimate of drug-likeness (QED) is 0.117. The molecule has 1 unspecified atom stereocenters. The van der Waals surface area contributed by atoms with Crippen molar-refractivity contribution < 1.29 is 63.6 Å². The molecule has 0 aromatic carbocycles. The van der Waals surface area contributed by atoms with E-state index >= 15 is 0 Å². The van der Waals surface area contributed by atoms with E-state index in [9.17, 15) is 34.8 Å². The number of aliphatic hydroxyl groups is 4. The van der Waals surface area contributed by atoms with Crippen molar-refractivity contribution in [2.45, 2.75) is 83.5 Å². The number of carbonyl (C=O) groups excluding carboxylic acids is 2. The van der Waals surface area contributed by atoms with Crippen LogP contribution in [0, 0.1) is 11.8 Å². The smallest absolute Gasteiger partial charge is 0.337 e. The predicted octanol–water partition coefficient (Wildman–Crippen LogP) is 0.549. The zero-order valence-corrected chi connectivity index (χ0v) is 23.1. The number of esters is 2. The molecule has 0 aromatic rings. The van der Waals surface area contributed by atoms with Crippen molar-refractivity contribution in [3.05, 3.63) is 35.1 Å². The van der Waals surface area contributed by atoms with Crippen molar-refractivity contribution in [2.24, 2.45) is 11.8 Å². The van der Waals surface area contributed by atoms with Gasteiger partial charge in [-0.3, -0.25) is 4.79 Å². The lowest BCUT2D eigenvalue weighted by Gasteiger charge is -2.41. The number of carbonyl (C=O) groups is 3. The third kappa shape index (κ3) is 8.85. The van der Waals surface area contributed by atoms with Crippen LogP contribution in [0.2, 0.25) is 0 Å². The van der Waals surface area contributed by atoms with Crippen LogP contribution in [0.5, 0.6) is 0 Å². The van der Waals surface area contributed by atoms with Gasteiger partial charge in [0.1, 0.15) is 24.4 Å². The van der Waals surface area contributed by atoms with E-state index in [1.165, 1.54) is 14.0 Å². The largest absolute Gasteiger partial charge is 0.478 e. The Morgan fingerprint density at radius 3 is 2.42 bits per heavy atom. The number of ether oxygens (including phenoxy) is 5. The summed E-state index contributed by atoms with van der Waals surface area (Å²) in [5.74, 6) is -2.99. The Balaban J connectivity index is 2.05. The van der Waals surface area contributed by atoms with Crippen molar-refractivity contribution in [3.8, 4) is 0 Å². The van der Waals surface area contributed by atoms with E-state index in [0.29, 0.717) is 18.4 Å². The molecule has 226 valence electrons. The Bertz CT molecular complexity index is 969. The zero-order chi connectivity index (χ0) is 30.0. The van der Waals surface area contributed by atoms with Gasteiger partial charge in [-0.05, 0) is 39.0 Å². The van der Waals surface area contributed by atoms with Crippen molar-refractivity contribution >= 4 is 17.9 Å². The van der Waals surface area contributed by atoms with E-state index in [1.54, 1.807) is 19.1 Å². The summed E-state index contributed by atoms with van der Waals surface area (Å²) in [6.45, 7) is 4.60. The molecular formula is C27H40O13. The highest BCUT2D eigenvalue weighted by Gasteiger charge is 2.46. The van der Waals surface area contributed by atoms with Crippen LogP contribution in [0.3, 0.4) is 0 Å². The van der Waals surface area contributed by atoms with Crippen molar-refractivity contribution in [1.29, 1.82) is 0 Å². The highest BCUT2D eigenvalue weighted by Crippen LogP contribution is 2.36. The first kappa shape index (κ1) is 33.4. The number of methoxy groups -OCH3 is 1. The second-order valence-electron chi connectivity index (χ2n) is 9.80. The van der Waals surface area contributed by atoms with Crippen LogP contribution in [-0.4, -0.2) is 101 Å². The molecule has 0 amide bonds. The molecule has 0 saturated carbocycles. The summed E-state index contributed by atoms with van der Waals surface area (Å²) in [6.07, 6.45) is -2.98. The van der Waals surface area contributed by atoms with Gasteiger partial charge in [-0.25, -0.2) is 9.59 Å². The standard InChI is InChI=1S/C27H40O13/c1-5-16-17(11-20(29)37-10-9-14(2)7-6-8-15(3)24(33)34)18(25(35)36-4)13-38-26(16)40-27-23(32)22(31)21(30)19(12-28)39-27/h5,8,13-14,17,19,21-23,26-28,30-32H,6-7,9-12H2,1-4H3,(H,33,34)/b15-8+,16-5-/t14?,17-,19+,21+,22-,23+,26-,27-/m0/s1. The first-order chi connectivity index (χ1) is 18.9. The minimum absolute atomic E-state index is 0.0372. The van der Waals surface area contributed by atoms with Crippen LogP contribution in [0.4, 0.5) is 0 Å². The van der Waals surface area contributed by atoms with Gasteiger partial charge >= 0.3 is 17.9 Å². The molecule has 0 radical (unpaired) electrons. The van der Waals surface area contributed by atoms with Crippen LogP contribution in [0.25, 0.3) is 0 Å². The second kappa shape index (κ2) is 15.8. The van der Waals surface area contributed by atoms with Crippen LogP contribution in [0.15, 0.2) is 35.1 Å². The fourth-order valence-electron chi connectivity index (χ4n) is 4.34. The van der Waals surface area contributed by atoms with Gasteiger partial charge in [-0.2, -0.15) is 0 Å². The molecular weight excluding hydrogens is 532 g/mol. The maximum atomic E-state index is 12.8. The number of aliphatic hydroxyl groups excluding tert-OH is 4. The number of aliphatic carboxylic acids is 1. The molecule has 5 N–H and O–H groups in total. The number of allylic oxidation sites excluding steroid dienone is 2. The van der Waals surface area contributed by atoms with Crippen molar-refractivity contribution in [2.75, 3.05) is 20.3 Å². The molecule has 2 heterocycles. The number of hydrogen-bond acceptors (Lipinski definition) is 12. The molecule has 8 atom stereocenters. The van der Waals surface area contributed by atoms with Gasteiger partial charge in [0.25, 0.3) is 0 Å². The molecule has 0 aromatic heterocycles. The first-order valence-corrected chi connectivity index (χ1v) is 13.1. The minimum Gasteiger partial charge on any atom is -0.478 e. The number of rotatable bonds is 13.